The van der Waals surface area contributed by atoms with E-state index in [0.717, 1.165) is 21.5 Å². The first-order chi connectivity index (χ1) is 15.1. The molecule has 0 aliphatic rings. The molecule has 2 aromatic heterocycles. The van der Waals surface area contributed by atoms with Crippen LogP contribution >= 0.6 is 11.8 Å². The second-order valence-corrected chi connectivity index (χ2v) is 7.93. The Labute approximate surface area is 184 Å². The van der Waals surface area contributed by atoms with Gasteiger partial charge in [-0.1, -0.05) is 42.1 Å². The van der Waals surface area contributed by atoms with Crippen molar-refractivity contribution in [1.29, 1.82) is 0 Å². The molecule has 4 aromatic rings. The lowest BCUT2D eigenvalue weighted by Gasteiger charge is -2.11. The van der Waals surface area contributed by atoms with Crippen molar-refractivity contribution in [3.63, 3.8) is 0 Å². The van der Waals surface area contributed by atoms with Crippen molar-refractivity contribution in [2.75, 3.05) is 11.1 Å². The van der Waals surface area contributed by atoms with Gasteiger partial charge in [0.2, 0.25) is 5.91 Å². The van der Waals surface area contributed by atoms with E-state index < -0.39 is 0 Å². The zero-order valence-corrected chi connectivity index (χ0v) is 17.7. The molecule has 31 heavy (non-hydrogen) atoms. The summed E-state index contributed by atoms with van der Waals surface area (Å²) in [7, 11) is 0. The summed E-state index contributed by atoms with van der Waals surface area (Å²) in [6.45, 7) is 2.31. The van der Waals surface area contributed by atoms with E-state index in [-0.39, 0.29) is 24.1 Å². The predicted octanol–water partition coefficient (Wildman–Crippen LogP) is 4.80. The average molecular weight is 432 g/mol. The number of anilines is 1. The molecule has 0 unspecified atom stereocenters. The van der Waals surface area contributed by atoms with Gasteiger partial charge >= 0.3 is 0 Å². The monoisotopic (exact) mass is 431 g/mol. The summed E-state index contributed by atoms with van der Waals surface area (Å²) in [5.41, 5.74) is 2.89. The summed E-state index contributed by atoms with van der Waals surface area (Å²) in [6, 6.07) is 20.4. The fourth-order valence-electron chi connectivity index (χ4n) is 3.18. The van der Waals surface area contributed by atoms with Gasteiger partial charge in [-0.05, 0) is 48.9 Å². The lowest BCUT2D eigenvalue weighted by atomic mass is 10.1. The number of hydrogen-bond acceptors (Lipinski definition) is 5. The number of aromatic nitrogens is 1. The third-order valence-corrected chi connectivity index (χ3v) is 5.61. The van der Waals surface area contributed by atoms with Crippen molar-refractivity contribution in [2.45, 2.75) is 18.5 Å². The Hall–Kier alpha value is -3.58. The van der Waals surface area contributed by atoms with Crippen LogP contribution in [-0.4, -0.2) is 22.6 Å². The minimum atomic E-state index is -0.285. The molecule has 0 saturated carbocycles. The lowest BCUT2D eigenvalue weighted by Crippen LogP contribution is -2.25. The molecule has 7 heteroatoms. The van der Waals surface area contributed by atoms with Gasteiger partial charge in [0, 0.05) is 5.39 Å². The summed E-state index contributed by atoms with van der Waals surface area (Å²) in [6.07, 6.45) is 1.55. The van der Waals surface area contributed by atoms with Gasteiger partial charge in [-0.15, -0.1) is 0 Å². The second kappa shape index (κ2) is 9.49. The van der Waals surface area contributed by atoms with E-state index in [4.69, 9.17) is 4.42 Å². The van der Waals surface area contributed by atoms with Crippen LogP contribution < -0.4 is 10.6 Å². The fourth-order valence-corrected chi connectivity index (χ4v) is 3.96. The zero-order valence-electron chi connectivity index (χ0n) is 16.9. The van der Waals surface area contributed by atoms with E-state index in [1.807, 2.05) is 37.3 Å². The third kappa shape index (κ3) is 5.13. The van der Waals surface area contributed by atoms with Gasteiger partial charge < -0.3 is 15.1 Å². The number of carbonyl (C=O) groups is 2. The lowest BCUT2D eigenvalue weighted by molar-refractivity contribution is -0.113. The molecule has 2 heterocycles. The molecular weight excluding hydrogens is 410 g/mol. The van der Waals surface area contributed by atoms with Crippen molar-refractivity contribution >= 4 is 40.2 Å². The Bertz CT molecular complexity index is 1220. The number of rotatable bonds is 7. The summed E-state index contributed by atoms with van der Waals surface area (Å²) in [5, 5.41) is 7.52. The average Bonchev–Trinajstić information content (AvgIpc) is 3.30. The molecule has 0 atom stereocenters. The SMILES string of the molecule is Cc1cc(SCC(=O)Nc2ccccc2C(=O)NCc2ccco2)nc2ccccc12. The molecular formula is C24H21N3O3S. The first-order valence-corrected chi connectivity index (χ1v) is 10.8. The first kappa shape index (κ1) is 20.7. The summed E-state index contributed by atoms with van der Waals surface area (Å²) in [5.74, 6) is 0.354. The third-order valence-electron chi connectivity index (χ3n) is 4.70. The van der Waals surface area contributed by atoms with Gasteiger partial charge in [0.15, 0.2) is 0 Å². The number of carbonyl (C=O) groups excluding carboxylic acids is 2. The second-order valence-electron chi connectivity index (χ2n) is 6.94. The summed E-state index contributed by atoms with van der Waals surface area (Å²) in [4.78, 5) is 29.7. The van der Waals surface area contributed by atoms with Gasteiger partial charge in [-0.2, -0.15) is 0 Å². The van der Waals surface area contributed by atoms with Crippen LogP contribution in [0.25, 0.3) is 10.9 Å². The number of furan rings is 1. The Morgan fingerprint density at radius 1 is 1.03 bits per heavy atom. The highest BCUT2D eigenvalue weighted by Crippen LogP contribution is 2.24. The maximum absolute atomic E-state index is 12.6. The number of aryl methyl sites for hydroxylation is 1. The maximum atomic E-state index is 12.6. The number of para-hydroxylation sites is 2. The Morgan fingerprint density at radius 3 is 2.68 bits per heavy atom. The number of nitrogens with zero attached hydrogens (tertiary/aromatic N) is 1. The number of amides is 2. The molecule has 0 aliphatic heterocycles. The van der Waals surface area contributed by atoms with Crippen LogP contribution in [0.2, 0.25) is 0 Å². The smallest absolute Gasteiger partial charge is 0.253 e. The van der Waals surface area contributed by atoms with Crippen molar-refractivity contribution in [1.82, 2.24) is 10.3 Å². The standard InChI is InChI=1S/C24H21N3O3S/c1-16-13-23(27-20-10-4-2-8-18(16)20)31-15-22(28)26-21-11-5-3-9-19(21)24(29)25-14-17-7-6-12-30-17/h2-13H,14-15H2,1H3,(H,25,29)(H,26,28). The molecule has 0 aliphatic carbocycles. The van der Waals surface area contributed by atoms with Crippen molar-refractivity contribution in [2.24, 2.45) is 0 Å². The van der Waals surface area contributed by atoms with Crippen LogP contribution in [0.1, 0.15) is 21.7 Å². The quantitative estimate of drug-likeness (QED) is 0.411. The predicted molar refractivity (Wildman–Crippen MR) is 122 cm³/mol. The topological polar surface area (TPSA) is 84.2 Å². The number of thioether (sulfide) groups is 1. The van der Waals surface area contributed by atoms with Crippen LogP contribution in [-0.2, 0) is 11.3 Å². The molecule has 0 bridgehead atoms. The molecule has 2 N–H and O–H groups in total. The highest BCUT2D eigenvalue weighted by Gasteiger charge is 2.14. The molecule has 0 saturated heterocycles. The van der Waals surface area contributed by atoms with Gasteiger partial charge in [-0.25, -0.2) is 4.98 Å². The van der Waals surface area contributed by atoms with Gasteiger partial charge in [0.05, 0.1) is 40.4 Å². The van der Waals surface area contributed by atoms with E-state index in [2.05, 4.69) is 15.6 Å². The van der Waals surface area contributed by atoms with Crippen LogP contribution in [0.3, 0.4) is 0 Å². The van der Waals surface area contributed by atoms with Crippen LogP contribution in [0, 0.1) is 6.92 Å². The minimum absolute atomic E-state index is 0.188. The van der Waals surface area contributed by atoms with Crippen molar-refractivity contribution in [3.8, 4) is 0 Å². The highest BCUT2D eigenvalue weighted by molar-refractivity contribution is 7.99. The normalized spacial score (nSPS) is 10.7. The van der Waals surface area contributed by atoms with Crippen molar-refractivity contribution in [3.05, 3.63) is 89.9 Å². The number of hydrogen-bond donors (Lipinski definition) is 2. The first-order valence-electron chi connectivity index (χ1n) is 9.79. The molecule has 4 rings (SSSR count). The molecule has 2 amide bonds. The van der Waals surface area contributed by atoms with Crippen LogP contribution in [0.5, 0.6) is 0 Å². The number of pyridine rings is 1. The Morgan fingerprint density at radius 2 is 1.84 bits per heavy atom. The Balaban J connectivity index is 1.39. The summed E-state index contributed by atoms with van der Waals surface area (Å²) >= 11 is 1.36. The van der Waals surface area contributed by atoms with Gasteiger partial charge in [0.25, 0.3) is 5.91 Å². The van der Waals surface area contributed by atoms with E-state index >= 15 is 0 Å². The van der Waals surface area contributed by atoms with Gasteiger partial charge in [-0.3, -0.25) is 9.59 Å². The van der Waals surface area contributed by atoms with E-state index in [1.54, 1.807) is 42.7 Å². The minimum Gasteiger partial charge on any atom is -0.467 e. The maximum Gasteiger partial charge on any atom is 0.253 e. The molecule has 2 aromatic carbocycles. The summed E-state index contributed by atoms with van der Waals surface area (Å²) < 4.78 is 5.23. The van der Waals surface area contributed by atoms with Crippen LogP contribution in [0.15, 0.2) is 82.4 Å². The van der Waals surface area contributed by atoms with Crippen LogP contribution in [0.4, 0.5) is 5.69 Å². The fraction of sp³-hybridized carbons (Fsp3) is 0.125. The van der Waals surface area contributed by atoms with Gasteiger partial charge in [0.1, 0.15) is 5.76 Å². The number of fused-ring (bicyclic) bond motifs is 1. The molecule has 156 valence electrons. The molecule has 6 nitrogen and oxygen atoms in total. The molecule has 0 spiro atoms. The largest absolute Gasteiger partial charge is 0.467 e. The molecule has 0 radical (unpaired) electrons. The number of benzene rings is 2. The number of nitrogens with one attached hydrogen (secondary N) is 2. The zero-order chi connectivity index (χ0) is 21.6. The van der Waals surface area contributed by atoms with Crippen molar-refractivity contribution < 1.29 is 14.0 Å². The van der Waals surface area contributed by atoms with E-state index in [0.29, 0.717) is 17.0 Å². The van der Waals surface area contributed by atoms with E-state index in [9.17, 15) is 9.59 Å². The highest BCUT2D eigenvalue weighted by atomic mass is 32.2. The molecule has 0 fully saturated rings. The van der Waals surface area contributed by atoms with E-state index in [1.165, 1.54) is 11.8 Å². The Kier molecular flexibility index (Phi) is 6.33.